The van der Waals surface area contributed by atoms with Crippen molar-refractivity contribution in [3.63, 3.8) is 0 Å². The van der Waals surface area contributed by atoms with E-state index in [0.29, 0.717) is 46.9 Å². The predicted molar refractivity (Wildman–Crippen MR) is 96.3 cm³/mol. The largest absolute Gasteiger partial charge is 0.481 e. The van der Waals surface area contributed by atoms with Gasteiger partial charge in [0.15, 0.2) is 11.9 Å². The second-order valence-electron chi connectivity index (χ2n) is 5.93. The molecule has 136 valence electrons. The lowest BCUT2D eigenvalue weighted by Crippen LogP contribution is -2.36. The summed E-state index contributed by atoms with van der Waals surface area (Å²) in [6.45, 7) is 6.17. The summed E-state index contributed by atoms with van der Waals surface area (Å²) in [6.07, 6.45) is 0.667. The Morgan fingerprint density at radius 3 is 2.68 bits per heavy atom. The summed E-state index contributed by atoms with van der Waals surface area (Å²) in [5, 5.41) is 7.54. The lowest BCUT2D eigenvalue weighted by molar-refractivity contribution is -0.127. The Morgan fingerprint density at radius 1 is 1.28 bits per heavy atom. The molecule has 1 atom stereocenters. The van der Waals surface area contributed by atoms with Crippen LogP contribution in [0.15, 0.2) is 22.7 Å². The minimum absolute atomic E-state index is 0.209. The maximum absolute atomic E-state index is 12.1. The molecule has 25 heavy (non-hydrogen) atoms. The summed E-state index contributed by atoms with van der Waals surface area (Å²) in [5.41, 5.74) is 0. The van der Waals surface area contributed by atoms with Gasteiger partial charge in [0.05, 0.1) is 10.0 Å². The van der Waals surface area contributed by atoms with Crippen LogP contribution in [0.1, 0.15) is 44.8 Å². The Kier molecular flexibility index (Phi) is 7.08. The van der Waals surface area contributed by atoms with E-state index in [1.807, 2.05) is 13.8 Å². The van der Waals surface area contributed by atoms with Crippen LogP contribution in [0.25, 0.3) is 0 Å². The minimum atomic E-state index is -0.645. The zero-order chi connectivity index (χ0) is 18.4. The van der Waals surface area contributed by atoms with Crippen molar-refractivity contribution < 1.29 is 14.1 Å². The molecule has 0 aliphatic heterocycles. The topological polar surface area (TPSA) is 77.2 Å². The first-order valence-electron chi connectivity index (χ1n) is 8.08. The van der Waals surface area contributed by atoms with Gasteiger partial charge in [-0.3, -0.25) is 4.79 Å². The van der Waals surface area contributed by atoms with Crippen molar-refractivity contribution in [2.75, 3.05) is 6.54 Å². The van der Waals surface area contributed by atoms with Gasteiger partial charge in [-0.25, -0.2) is 0 Å². The number of benzene rings is 1. The zero-order valence-electron chi connectivity index (χ0n) is 14.4. The average Bonchev–Trinajstić information content (AvgIpc) is 3.04. The standard InChI is InChI=1S/C17H21Cl2N3O3/c1-10(2)16-21-15(25-22-16)5-4-8-20-17(23)11(3)24-12-6-7-13(18)14(19)9-12/h6-7,9-11H,4-5,8H2,1-3H3,(H,20,23). The van der Waals surface area contributed by atoms with Gasteiger partial charge in [0.1, 0.15) is 5.75 Å². The molecule has 0 fully saturated rings. The number of ether oxygens (including phenoxy) is 1. The lowest BCUT2D eigenvalue weighted by Gasteiger charge is -2.15. The minimum Gasteiger partial charge on any atom is -0.481 e. The van der Waals surface area contributed by atoms with Gasteiger partial charge in [0, 0.05) is 24.9 Å². The van der Waals surface area contributed by atoms with Crippen LogP contribution < -0.4 is 10.1 Å². The normalized spacial score (nSPS) is 12.2. The molecule has 1 aromatic heterocycles. The van der Waals surface area contributed by atoms with Gasteiger partial charge in [-0.1, -0.05) is 42.2 Å². The molecule has 6 nitrogen and oxygen atoms in total. The molecule has 2 aromatic rings. The molecule has 1 unspecified atom stereocenters. The van der Waals surface area contributed by atoms with Crippen LogP contribution >= 0.6 is 23.2 Å². The van der Waals surface area contributed by atoms with Crippen LogP contribution in [0.4, 0.5) is 0 Å². The molecule has 0 spiro atoms. The number of nitrogens with zero attached hydrogens (tertiary/aromatic N) is 2. The summed E-state index contributed by atoms with van der Waals surface area (Å²) in [6, 6.07) is 4.87. The molecule has 1 amide bonds. The lowest BCUT2D eigenvalue weighted by atomic mass is 10.2. The molecule has 1 aromatic carbocycles. The fourth-order valence-corrected chi connectivity index (χ4v) is 2.29. The summed E-state index contributed by atoms with van der Waals surface area (Å²) < 4.78 is 10.7. The molecule has 2 rings (SSSR count). The van der Waals surface area contributed by atoms with Gasteiger partial charge in [-0.2, -0.15) is 4.98 Å². The van der Waals surface area contributed by atoms with Crippen molar-refractivity contribution in [1.82, 2.24) is 15.5 Å². The highest BCUT2D eigenvalue weighted by molar-refractivity contribution is 6.42. The molecule has 0 aliphatic carbocycles. The van der Waals surface area contributed by atoms with Gasteiger partial charge < -0.3 is 14.6 Å². The van der Waals surface area contributed by atoms with E-state index in [0.717, 1.165) is 0 Å². The van der Waals surface area contributed by atoms with Crippen molar-refractivity contribution in [2.45, 2.75) is 45.6 Å². The molecule has 8 heteroatoms. The number of aryl methyl sites for hydroxylation is 1. The first-order valence-corrected chi connectivity index (χ1v) is 8.84. The third kappa shape index (κ3) is 5.90. The maximum atomic E-state index is 12.1. The van der Waals surface area contributed by atoms with E-state index in [1.54, 1.807) is 25.1 Å². The number of rotatable bonds is 8. The Labute approximate surface area is 156 Å². The highest BCUT2D eigenvalue weighted by Crippen LogP contribution is 2.26. The fourth-order valence-electron chi connectivity index (χ4n) is 2.01. The second kappa shape index (κ2) is 9.06. The number of nitrogens with one attached hydrogen (secondary N) is 1. The smallest absolute Gasteiger partial charge is 0.260 e. The number of carbonyl (C=O) groups excluding carboxylic acids is 1. The maximum Gasteiger partial charge on any atom is 0.260 e. The molecule has 0 radical (unpaired) electrons. The van der Waals surface area contributed by atoms with E-state index in [1.165, 1.54) is 0 Å². The van der Waals surface area contributed by atoms with Gasteiger partial charge in [-0.15, -0.1) is 0 Å². The van der Waals surface area contributed by atoms with E-state index >= 15 is 0 Å². The average molecular weight is 386 g/mol. The number of halogens is 2. The van der Waals surface area contributed by atoms with E-state index < -0.39 is 6.10 Å². The highest BCUT2D eigenvalue weighted by atomic mass is 35.5. The summed E-state index contributed by atoms with van der Waals surface area (Å²) >= 11 is 11.8. The Hall–Kier alpha value is -1.79. The third-order valence-corrected chi connectivity index (χ3v) is 4.18. The summed E-state index contributed by atoms with van der Waals surface area (Å²) in [5.74, 6) is 1.79. The van der Waals surface area contributed by atoms with Crippen LogP contribution in [0.3, 0.4) is 0 Å². The summed E-state index contributed by atoms with van der Waals surface area (Å²) in [7, 11) is 0. The van der Waals surface area contributed by atoms with Crippen molar-refractivity contribution in [1.29, 1.82) is 0 Å². The number of amides is 1. The van der Waals surface area contributed by atoms with Crippen molar-refractivity contribution >= 4 is 29.1 Å². The van der Waals surface area contributed by atoms with E-state index in [-0.39, 0.29) is 11.8 Å². The number of hydrogen-bond acceptors (Lipinski definition) is 5. The number of aromatic nitrogens is 2. The van der Waals surface area contributed by atoms with Crippen LogP contribution in [0, 0.1) is 0 Å². The van der Waals surface area contributed by atoms with E-state index in [9.17, 15) is 4.79 Å². The van der Waals surface area contributed by atoms with E-state index in [4.69, 9.17) is 32.5 Å². The first-order chi connectivity index (χ1) is 11.9. The van der Waals surface area contributed by atoms with Crippen LogP contribution in [0.2, 0.25) is 10.0 Å². The van der Waals surface area contributed by atoms with Crippen molar-refractivity contribution in [3.8, 4) is 5.75 Å². The Morgan fingerprint density at radius 2 is 2.04 bits per heavy atom. The van der Waals surface area contributed by atoms with Crippen molar-refractivity contribution in [2.24, 2.45) is 0 Å². The number of carbonyl (C=O) groups is 1. The molecule has 0 saturated carbocycles. The van der Waals surface area contributed by atoms with Crippen LogP contribution in [0.5, 0.6) is 5.75 Å². The second-order valence-corrected chi connectivity index (χ2v) is 6.75. The molecule has 1 N–H and O–H groups in total. The molecule has 1 heterocycles. The third-order valence-electron chi connectivity index (χ3n) is 3.44. The fraction of sp³-hybridized carbons (Fsp3) is 0.471. The molecule has 0 saturated heterocycles. The molecular weight excluding hydrogens is 365 g/mol. The van der Waals surface area contributed by atoms with Crippen LogP contribution in [-0.2, 0) is 11.2 Å². The van der Waals surface area contributed by atoms with Gasteiger partial charge in [-0.05, 0) is 25.5 Å². The SMILES string of the molecule is CC(Oc1ccc(Cl)c(Cl)c1)C(=O)NCCCc1nc(C(C)C)no1. The van der Waals surface area contributed by atoms with Gasteiger partial charge in [0.2, 0.25) is 5.89 Å². The van der Waals surface area contributed by atoms with Gasteiger partial charge >= 0.3 is 0 Å². The number of hydrogen-bond donors (Lipinski definition) is 1. The summed E-state index contributed by atoms with van der Waals surface area (Å²) in [4.78, 5) is 16.4. The Balaban J connectivity index is 1.72. The highest BCUT2D eigenvalue weighted by Gasteiger charge is 2.15. The van der Waals surface area contributed by atoms with E-state index in [2.05, 4.69) is 15.5 Å². The Bertz CT molecular complexity index is 719. The van der Waals surface area contributed by atoms with Crippen LogP contribution in [-0.4, -0.2) is 28.7 Å². The molecule has 0 bridgehead atoms. The molecule has 0 aliphatic rings. The zero-order valence-corrected chi connectivity index (χ0v) is 15.9. The predicted octanol–water partition coefficient (Wildman–Crippen LogP) is 4.02. The monoisotopic (exact) mass is 385 g/mol. The van der Waals surface area contributed by atoms with Crippen molar-refractivity contribution in [3.05, 3.63) is 40.0 Å². The quantitative estimate of drug-likeness (QED) is 0.694. The van der Waals surface area contributed by atoms with Gasteiger partial charge in [0.25, 0.3) is 5.91 Å². The molecular formula is C17H21Cl2N3O3. The first kappa shape index (κ1) is 19.5.